The maximum atomic E-state index is 14.1. The zero-order valence-corrected chi connectivity index (χ0v) is 25.5. The molecule has 0 aliphatic carbocycles. The fourth-order valence-electron chi connectivity index (χ4n) is 4.73. The summed E-state index contributed by atoms with van der Waals surface area (Å²) >= 11 is 0. The van der Waals surface area contributed by atoms with Crippen LogP contribution < -0.4 is 26.6 Å². The summed E-state index contributed by atoms with van der Waals surface area (Å²) in [6.45, 7) is 8.45. The van der Waals surface area contributed by atoms with Crippen molar-refractivity contribution in [2.45, 2.75) is 72.0 Å². The zero-order chi connectivity index (χ0) is 33.1. The first kappa shape index (κ1) is 35.3. The third-order valence-corrected chi connectivity index (χ3v) is 6.71. The number of aliphatic carboxylic acids is 2. The molecule has 7 N–H and O–H groups in total. The van der Waals surface area contributed by atoms with E-state index in [1.54, 1.807) is 51.1 Å². The normalized spacial score (nSPS) is 13.0. The van der Waals surface area contributed by atoms with Crippen molar-refractivity contribution in [3.63, 3.8) is 0 Å². The van der Waals surface area contributed by atoms with E-state index in [0.29, 0.717) is 11.3 Å². The van der Waals surface area contributed by atoms with Crippen molar-refractivity contribution in [1.29, 1.82) is 0 Å². The lowest BCUT2D eigenvalue weighted by Gasteiger charge is -2.35. The molecule has 5 amide bonds. The van der Waals surface area contributed by atoms with Crippen LogP contribution in [0.25, 0.3) is 0 Å². The molecule has 0 saturated heterocycles. The maximum Gasteiger partial charge on any atom is 0.327 e. The Bertz CT molecular complexity index is 1360. The van der Waals surface area contributed by atoms with Gasteiger partial charge in [0, 0.05) is 11.4 Å². The van der Waals surface area contributed by atoms with E-state index < -0.39 is 66.2 Å². The third kappa shape index (κ3) is 10.4. The number of carboxylic acid groups (broad SMARTS) is 2. The number of carboxylic acids is 2. The van der Waals surface area contributed by atoms with Crippen molar-refractivity contribution in [2.24, 2.45) is 17.6 Å². The van der Waals surface area contributed by atoms with Crippen LogP contribution in [0, 0.1) is 18.8 Å². The minimum absolute atomic E-state index is 0.00259. The summed E-state index contributed by atoms with van der Waals surface area (Å²) in [6.07, 6.45) is -0.651. The number of nitrogens with two attached hydrogens (primary N) is 1. The topological polar surface area (TPSA) is 208 Å². The van der Waals surface area contributed by atoms with Crippen LogP contribution in [0.2, 0.25) is 0 Å². The van der Waals surface area contributed by atoms with Gasteiger partial charge >= 0.3 is 18.0 Å². The Labute approximate surface area is 256 Å². The number of primary amides is 1. The van der Waals surface area contributed by atoms with Crippen molar-refractivity contribution < 1.29 is 39.0 Å². The number of rotatable bonds is 15. The standard InChI is InChI=1S/C31H41N5O8/c1-17(2)13-23(33-25(37)15-20-9-7-6-8-10-20)28(40)34-24(16-26(38)39)29(41)36(27(18(3)4)30(42)43)21-11-12-22(19(5)14-21)35-31(32)44/h6-12,14,17-18,23-24,27H,13,15-16H2,1-5H3,(H,33,37)(H,34,40)(H,38,39)(H,42,43)(H3,32,35,44)/t23-,24-,27-/m0/s1. The van der Waals surface area contributed by atoms with E-state index in [-0.39, 0.29) is 24.4 Å². The number of benzene rings is 2. The van der Waals surface area contributed by atoms with Crippen LogP contribution in [-0.2, 0) is 30.4 Å². The highest BCUT2D eigenvalue weighted by Crippen LogP contribution is 2.28. The fraction of sp³-hybridized carbons (Fsp3) is 0.419. The van der Waals surface area contributed by atoms with Gasteiger partial charge in [-0.1, -0.05) is 58.0 Å². The Kier molecular flexibility index (Phi) is 12.9. The van der Waals surface area contributed by atoms with Gasteiger partial charge in [-0.2, -0.15) is 0 Å². The molecule has 0 aliphatic rings. The molecule has 0 fully saturated rings. The molecule has 13 heteroatoms. The highest BCUT2D eigenvalue weighted by atomic mass is 16.4. The van der Waals surface area contributed by atoms with Crippen molar-refractivity contribution in [1.82, 2.24) is 10.6 Å². The first-order chi connectivity index (χ1) is 20.6. The molecule has 0 aromatic heterocycles. The average Bonchev–Trinajstić information content (AvgIpc) is 2.91. The number of carbonyl (C=O) groups is 6. The average molecular weight is 612 g/mol. The number of anilines is 2. The summed E-state index contributed by atoms with van der Waals surface area (Å²) < 4.78 is 0. The molecule has 3 atom stereocenters. The van der Waals surface area contributed by atoms with Gasteiger partial charge in [0.2, 0.25) is 11.8 Å². The SMILES string of the molecule is Cc1cc(N(C(=O)[C@H](CC(=O)O)NC(=O)[C@H](CC(C)C)NC(=O)Cc2ccccc2)[C@H](C(=O)O)C(C)C)ccc1NC(N)=O. The largest absolute Gasteiger partial charge is 0.481 e. The van der Waals surface area contributed by atoms with Crippen LogP contribution in [0.15, 0.2) is 48.5 Å². The summed E-state index contributed by atoms with van der Waals surface area (Å²) in [5, 5.41) is 27.3. The van der Waals surface area contributed by atoms with Crippen LogP contribution in [0.1, 0.15) is 51.7 Å². The first-order valence-electron chi connectivity index (χ1n) is 14.2. The second-order valence-electron chi connectivity index (χ2n) is 11.3. The second kappa shape index (κ2) is 16.1. The molecule has 0 saturated carbocycles. The number of nitrogens with zero attached hydrogens (tertiary/aromatic N) is 1. The molecule has 0 heterocycles. The molecule has 2 aromatic carbocycles. The molecule has 0 radical (unpaired) electrons. The maximum absolute atomic E-state index is 14.1. The highest BCUT2D eigenvalue weighted by Gasteiger charge is 2.39. The van der Waals surface area contributed by atoms with Gasteiger partial charge in [-0.15, -0.1) is 0 Å². The summed E-state index contributed by atoms with van der Waals surface area (Å²) in [6, 6.07) is 8.12. The molecule has 0 spiro atoms. The van der Waals surface area contributed by atoms with E-state index in [4.69, 9.17) is 5.73 Å². The fourth-order valence-corrected chi connectivity index (χ4v) is 4.73. The molecule has 13 nitrogen and oxygen atoms in total. The Morgan fingerprint density at radius 3 is 2.02 bits per heavy atom. The molecule has 2 rings (SSSR count). The van der Waals surface area contributed by atoms with Crippen LogP contribution in [-0.4, -0.2) is 64.0 Å². The number of carbonyl (C=O) groups excluding carboxylic acids is 4. The van der Waals surface area contributed by atoms with E-state index in [2.05, 4.69) is 16.0 Å². The quantitative estimate of drug-likeness (QED) is 0.176. The predicted octanol–water partition coefficient (Wildman–Crippen LogP) is 2.66. The lowest BCUT2D eigenvalue weighted by Crippen LogP contribution is -2.59. The van der Waals surface area contributed by atoms with E-state index in [0.717, 1.165) is 10.5 Å². The summed E-state index contributed by atoms with van der Waals surface area (Å²) in [4.78, 5) is 76.9. The Morgan fingerprint density at radius 2 is 1.52 bits per heavy atom. The summed E-state index contributed by atoms with van der Waals surface area (Å²) in [5.74, 6) is -5.65. The molecule has 0 aliphatic heterocycles. The van der Waals surface area contributed by atoms with Gasteiger partial charge in [-0.25, -0.2) is 9.59 Å². The van der Waals surface area contributed by atoms with Crippen LogP contribution in [0.3, 0.4) is 0 Å². The number of nitrogens with one attached hydrogen (secondary N) is 3. The molecule has 2 aromatic rings. The third-order valence-electron chi connectivity index (χ3n) is 6.71. The van der Waals surface area contributed by atoms with Crippen molar-refractivity contribution in [3.8, 4) is 0 Å². The van der Waals surface area contributed by atoms with Crippen molar-refractivity contribution in [3.05, 3.63) is 59.7 Å². The van der Waals surface area contributed by atoms with Gasteiger partial charge in [0.05, 0.1) is 12.8 Å². The van der Waals surface area contributed by atoms with Crippen LogP contribution in [0.4, 0.5) is 16.2 Å². The zero-order valence-electron chi connectivity index (χ0n) is 25.5. The van der Waals surface area contributed by atoms with Gasteiger partial charge in [-0.3, -0.25) is 24.1 Å². The number of hydrogen-bond acceptors (Lipinski definition) is 6. The molecule has 0 bridgehead atoms. The molecule has 0 unspecified atom stereocenters. The van der Waals surface area contributed by atoms with Crippen LogP contribution >= 0.6 is 0 Å². The minimum atomic E-state index is -1.68. The van der Waals surface area contributed by atoms with Gasteiger partial charge in [-0.05, 0) is 54.5 Å². The van der Waals surface area contributed by atoms with Crippen molar-refractivity contribution in [2.75, 3.05) is 10.2 Å². The summed E-state index contributed by atoms with van der Waals surface area (Å²) in [5.41, 5.74) is 6.80. The van der Waals surface area contributed by atoms with Crippen LogP contribution in [0.5, 0.6) is 0 Å². The Balaban J connectivity index is 2.47. The minimum Gasteiger partial charge on any atom is -0.481 e. The molecule has 238 valence electrons. The Hall–Kier alpha value is -4.94. The van der Waals surface area contributed by atoms with Crippen molar-refractivity contribution >= 4 is 47.1 Å². The van der Waals surface area contributed by atoms with E-state index in [9.17, 15) is 39.0 Å². The predicted molar refractivity (Wildman–Crippen MR) is 164 cm³/mol. The van der Waals surface area contributed by atoms with Gasteiger partial charge in [0.15, 0.2) is 0 Å². The lowest BCUT2D eigenvalue weighted by molar-refractivity contribution is -0.142. The highest BCUT2D eigenvalue weighted by molar-refractivity contribution is 6.05. The van der Waals surface area contributed by atoms with Gasteiger partial charge in [0.25, 0.3) is 5.91 Å². The number of hydrogen-bond donors (Lipinski definition) is 6. The monoisotopic (exact) mass is 611 g/mol. The molecular formula is C31H41N5O8. The number of amides is 5. The number of urea groups is 1. The first-order valence-corrected chi connectivity index (χ1v) is 14.2. The molecular weight excluding hydrogens is 570 g/mol. The smallest absolute Gasteiger partial charge is 0.327 e. The molecule has 44 heavy (non-hydrogen) atoms. The lowest BCUT2D eigenvalue weighted by atomic mass is 9.98. The van der Waals surface area contributed by atoms with E-state index in [1.807, 2.05) is 13.8 Å². The summed E-state index contributed by atoms with van der Waals surface area (Å²) in [7, 11) is 0. The van der Waals surface area contributed by atoms with Gasteiger partial charge in [0.1, 0.15) is 18.1 Å². The van der Waals surface area contributed by atoms with E-state index >= 15 is 0 Å². The Morgan fingerprint density at radius 1 is 0.886 bits per heavy atom. The van der Waals surface area contributed by atoms with Gasteiger partial charge < -0.3 is 31.9 Å². The second-order valence-corrected chi connectivity index (χ2v) is 11.3. The van der Waals surface area contributed by atoms with E-state index in [1.165, 1.54) is 18.2 Å². The number of aryl methyl sites for hydroxylation is 1.